The Kier molecular flexibility index (Phi) is 8.22. The summed E-state index contributed by atoms with van der Waals surface area (Å²) in [5.41, 5.74) is 4.61. The lowest BCUT2D eigenvalue weighted by molar-refractivity contribution is -0.120. The maximum absolute atomic E-state index is 13.2. The van der Waals surface area contributed by atoms with E-state index in [0.29, 0.717) is 6.04 Å². The summed E-state index contributed by atoms with van der Waals surface area (Å²) in [4.78, 5) is 20.2. The summed E-state index contributed by atoms with van der Waals surface area (Å²) in [6.45, 7) is 12.1. The van der Waals surface area contributed by atoms with Crippen molar-refractivity contribution < 1.29 is 9.53 Å². The zero-order valence-corrected chi connectivity index (χ0v) is 23.8. The lowest BCUT2D eigenvalue weighted by atomic mass is 9.83. The number of hydrogen-bond acceptors (Lipinski definition) is 5. The Bertz CT molecular complexity index is 1290. The molecule has 1 fully saturated rings. The zero-order chi connectivity index (χ0) is 27.4. The van der Waals surface area contributed by atoms with Gasteiger partial charge in [-0.1, -0.05) is 39.0 Å². The van der Waals surface area contributed by atoms with Gasteiger partial charge in [0.25, 0.3) is 0 Å². The SMILES string of the molecule is CC(CNc1cc(Oc2ccc3c(c2)CC(C(=O)Nc2cccc(C(C)(C)C)c2)CC3)ccn1)N1CCCC1. The first-order valence-corrected chi connectivity index (χ1v) is 14.4. The van der Waals surface area contributed by atoms with Gasteiger partial charge >= 0.3 is 0 Å². The van der Waals surface area contributed by atoms with E-state index < -0.39 is 0 Å². The topological polar surface area (TPSA) is 66.5 Å². The molecule has 2 heterocycles. The highest BCUT2D eigenvalue weighted by Crippen LogP contribution is 2.32. The minimum atomic E-state index is -0.0552. The molecular weight excluding hydrogens is 484 g/mol. The van der Waals surface area contributed by atoms with E-state index in [1.54, 1.807) is 6.20 Å². The number of pyridine rings is 1. The van der Waals surface area contributed by atoms with Crippen LogP contribution in [0.4, 0.5) is 11.5 Å². The fourth-order valence-electron chi connectivity index (χ4n) is 5.60. The third-order valence-corrected chi connectivity index (χ3v) is 8.08. The van der Waals surface area contributed by atoms with Crippen LogP contribution in [0.3, 0.4) is 0 Å². The zero-order valence-electron chi connectivity index (χ0n) is 23.8. The van der Waals surface area contributed by atoms with Crippen LogP contribution in [0.2, 0.25) is 0 Å². The van der Waals surface area contributed by atoms with Gasteiger partial charge in [0.1, 0.15) is 17.3 Å². The van der Waals surface area contributed by atoms with Crippen molar-refractivity contribution in [2.24, 2.45) is 5.92 Å². The molecule has 1 aliphatic carbocycles. The lowest BCUT2D eigenvalue weighted by Gasteiger charge is -2.25. The maximum Gasteiger partial charge on any atom is 0.227 e. The Morgan fingerprint density at radius 2 is 1.85 bits per heavy atom. The predicted octanol–water partition coefficient (Wildman–Crippen LogP) is 6.81. The van der Waals surface area contributed by atoms with Crippen molar-refractivity contribution in [1.29, 1.82) is 0 Å². The molecule has 1 amide bonds. The van der Waals surface area contributed by atoms with E-state index in [-0.39, 0.29) is 17.2 Å². The average molecular weight is 527 g/mol. The molecule has 6 nitrogen and oxygen atoms in total. The van der Waals surface area contributed by atoms with Crippen molar-refractivity contribution in [1.82, 2.24) is 9.88 Å². The van der Waals surface area contributed by atoms with Crippen molar-refractivity contribution in [3.05, 3.63) is 77.5 Å². The molecule has 6 heteroatoms. The van der Waals surface area contributed by atoms with Gasteiger partial charge in [-0.05, 0) is 105 Å². The summed E-state index contributed by atoms with van der Waals surface area (Å²) in [6, 6.07) is 18.8. The van der Waals surface area contributed by atoms with Crippen LogP contribution < -0.4 is 15.4 Å². The molecule has 0 saturated carbocycles. The van der Waals surface area contributed by atoms with E-state index in [9.17, 15) is 4.79 Å². The highest BCUT2D eigenvalue weighted by Gasteiger charge is 2.26. The Balaban J connectivity index is 1.20. The number of carbonyl (C=O) groups is 1. The number of likely N-dealkylation sites (tertiary alicyclic amines) is 1. The van der Waals surface area contributed by atoms with Crippen LogP contribution in [0.25, 0.3) is 0 Å². The number of ether oxygens (including phenoxy) is 1. The maximum atomic E-state index is 13.2. The summed E-state index contributed by atoms with van der Waals surface area (Å²) in [5, 5.41) is 6.64. The van der Waals surface area contributed by atoms with Gasteiger partial charge < -0.3 is 15.4 Å². The largest absolute Gasteiger partial charge is 0.457 e. The molecule has 1 saturated heterocycles. The van der Waals surface area contributed by atoms with Crippen molar-refractivity contribution in [3.63, 3.8) is 0 Å². The van der Waals surface area contributed by atoms with Crippen molar-refractivity contribution in [2.75, 3.05) is 30.3 Å². The molecule has 1 aromatic heterocycles. The summed E-state index contributed by atoms with van der Waals surface area (Å²) >= 11 is 0. The number of rotatable bonds is 8. The van der Waals surface area contributed by atoms with Gasteiger partial charge in [-0.2, -0.15) is 0 Å². The Morgan fingerprint density at radius 3 is 2.64 bits per heavy atom. The average Bonchev–Trinajstić information content (AvgIpc) is 3.47. The molecule has 0 bridgehead atoms. The second-order valence-electron chi connectivity index (χ2n) is 12.1. The molecule has 2 atom stereocenters. The van der Waals surface area contributed by atoms with Gasteiger partial charge in [-0.25, -0.2) is 4.98 Å². The number of benzene rings is 2. The number of aromatic nitrogens is 1. The van der Waals surface area contributed by atoms with E-state index >= 15 is 0 Å². The fraction of sp³-hybridized carbons (Fsp3) is 0.455. The third-order valence-electron chi connectivity index (χ3n) is 8.08. The number of anilines is 2. The highest BCUT2D eigenvalue weighted by atomic mass is 16.5. The summed E-state index contributed by atoms with van der Waals surface area (Å²) in [6.07, 6.45) is 6.84. The van der Waals surface area contributed by atoms with E-state index in [1.165, 1.54) is 42.6 Å². The molecule has 2 aromatic carbocycles. The van der Waals surface area contributed by atoms with Crippen LogP contribution in [0.5, 0.6) is 11.5 Å². The monoisotopic (exact) mass is 526 g/mol. The molecule has 2 aliphatic rings. The van der Waals surface area contributed by atoms with Gasteiger partial charge in [0.2, 0.25) is 5.91 Å². The quantitative estimate of drug-likeness (QED) is 0.337. The molecule has 1 aliphatic heterocycles. The third kappa shape index (κ3) is 6.99. The standard InChI is InChI=1S/C33H42N4O2/c1-23(37-16-5-6-17-37)22-35-31-21-30(14-15-34-31)39-29-13-12-24-10-11-25(18-26(24)19-29)32(38)36-28-9-7-8-27(20-28)33(2,3)4/h7-9,12-15,19-21,23,25H,5-6,10-11,16-18,22H2,1-4H3,(H,34,35)(H,36,38). The first-order valence-electron chi connectivity index (χ1n) is 14.4. The summed E-state index contributed by atoms with van der Waals surface area (Å²) < 4.78 is 6.24. The summed E-state index contributed by atoms with van der Waals surface area (Å²) in [5.74, 6) is 2.40. The predicted molar refractivity (Wildman–Crippen MR) is 159 cm³/mol. The van der Waals surface area contributed by atoms with Crippen molar-refractivity contribution in [3.8, 4) is 11.5 Å². The molecular formula is C33H42N4O2. The number of amides is 1. The Hall–Kier alpha value is -3.38. The summed E-state index contributed by atoms with van der Waals surface area (Å²) in [7, 11) is 0. The first kappa shape index (κ1) is 27.2. The van der Waals surface area contributed by atoms with Gasteiger partial charge in [0.05, 0.1) is 0 Å². The van der Waals surface area contributed by atoms with E-state index in [4.69, 9.17) is 4.74 Å². The van der Waals surface area contributed by atoms with Gasteiger partial charge in [0, 0.05) is 36.5 Å². The number of nitrogens with zero attached hydrogens (tertiary/aromatic N) is 2. The van der Waals surface area contributed by atoms with Gasteiger partial charge in [-0.15, -0.1) is 0 Å². The number of fused-ring (bicyclic) bond motifs is 1. The lowest BCUT2D eigenvalue weighted by Crippen LogP contribution is -2.35. The number of hydrogen-bond donors (Lipinski definition) is 2. The van der Waals surface area contributed by atoms with Crippen LogP contribution in [-0.4, -0.2) is 41.5 Å². The minimum absolute atomic E-state index is 0.0403. The molecule has 3 aromatic rings. The smallest absolute Gasteiger partial charge is 0.227 e. The van der Waals surface area contributed by atoms with E-state index in [0.717, 1.165) is 48.8 Å². The molecule has 0 radical (unpaired) electrons. The van der Waals surface area contributed by atoms with Crippen molar-refractivity contribution in [2.45, 2.75) is 71.3 Å². The molecule has 39 heavy (non-hydrogen) atoms. The molecule has 2 unspecified atom stereocenters. The number of nitrogens with one attached hydrogen (secondary N) is 2. The van der Waals surface area contributed by atoms with Crippen LogP contribution in [0, 0.1) is 5.92 Å². The number of carbonyl (C=O) groups excluding carboxylic acids is 1. The first-order chi connectivity index (χ1) is 18.7. The second kappa shape index (κ2) is 11.8. The van der Waals surface area contributed by atoms with E-state index in [1.807, 2.05) is 30.3 Å². The minimum Gasteiger partial charge on any atom is -0.457 e. The van der Waals surface area contributed by atoms with Gasteiger partial charge in [0.15, 0.2) is 0 Å². The Morgan fingerprint density at radius 1 is 1.05 bits per heavy atom. The van der Waals surface area contributed by atoms with Crippen LogP contribution in [0.15, 0.2) is 60.8 Å². The van der Waals surface area contributed by atoms with Gasteiger partial charge in [-0.3, -0.25) is 9.69 Å². The molecule has 5 rings (SSSR count). The van der Waals surface area contributed by atoms with Crippen LogP contribution in [0.1, 0.15) is 63.6 Å². The molecule has 2 N–H and O–H groups in total. The second-order valence-corrected chi connectivity index (χ2v) is 12.1. The van der Waals surface area contributed by atoms with Crippen LogP contribution in [-0.2, 0) is 23.1 Å². The Labute approximate surface area is 233 Å². The van der Waals surface area contributed by atoms with Crippen LogP contribution >= 0.6 is 0 Å². The molecule has 206 valence electrons. The highest BCUT2D eigenvalue weighted by molar-refractivity contribution is 5.93. The molecule has 0 spiro atoms. The fourth-order valence-corrected chi connectivity index (χ4v) is 5.60. The number of aryl methyl sites for hydroxylation is 1. The normalized spacial score (nSPS) is 18.3. The van der Waals surface area contributed by atoms with Crippen molar-refractivity contribution >= 4 is 17.4 Å². The van der Waals surface area contributed by atoms with E-state index in [2.05, 4.69) is 72.5 Å².